The highest BCUT2D eigenvalue weighted by molar-refractivity contribution is 5.76. The molecule has 13 heavy (non-hydrogen) atoms. The third-order valence-electron chi connectivity index (χ3n) is 3.77. The van der Waals surface area contributed by atoms with E-state index in [0.717, 1.165) is 19.3 Å². The molecule has 0 aromatic carbocycles. The molecule has 0 amide bonds. The molecule has 1 N–H and O–H groups in total. The molecule has 2 unspecified atom stereocenters. The van der Waals surface area contributed by atoms with Gasteiger partial charge in [-0.05, 0) is 24.2 Å². The van der Waals surface area contributed by atoms with Crippen molar-refractivity contribution in [2.24, 2.45) is 16.7 Å². The second-order valence-corrected chi connectivity index (χ2v) is 5.32. The van der Waals surface area contributed by atoms with Crippen LogP contribution in [0.25, 0.3) is 0 Å². The minimum Gasteiger partial charge on any atom is -0.481 e. The Morgan fingerprint density at radius 3 is 2.15 bits per heavy atom. The molecule has 0 aliphatic heterocycles. The molecule has 0 heterocycles. The SMILES string of the molecule is CC1CCCC1(C(=O)O)C(C)(C)C. The maximum Gasteiger partial charge on any atom is 0.310 e. The summed E-state index contributed by atoms with van der Waals surface area (Å²) in [7, 11) is 0. The Kier molecular flexibility index (Phi) is 2.44. The number of hydrogen-bond donors (Lipinski definition) is 1. The van der Waals surface area contributed by atoms with E-state index in [1.165, 1.54) is 0 Å². The van der Waals surface area contributed by atoms with Crippen molar-refractivity contribution in [3.63, 3.8) is 0 Å². The zero-order valence-electron chi connectivity index (χ0n) is 9.05. The number of aliphatic carboxylic acids is 1. The number of carbonyl (C=O) groups is 1. The minimum atomic E-state index is -0.606. The van der Waals surface area contributed by atoms with E-state index in [4.69, 9.17) is 0 Å². The lowest BCUT2D eigenvalue weighted by atomic mass is 9.61. The molecule has 1 rings (SSSR count). The van der Waals surface area contributed by atoms with Crippen LogP contribution < -0.4 is 0 Å². The maximum absolute atomic E-state index is 11.4. The van der Waals surface area contributed by atoms with Crippen LogP contribution in [0.15, 0.2) is 0 Å². The fraction of sp³-hybridized carbons (Fsp3) is 0.909. The number of hydrogen-bond acceptors (Lipinski definition) is 1. The highest BCUT2D eigenvalue weighted by Crippen LogP contribution is 2.54. The van der Waals surface area contributed by atoms with Crippen LogP contribution in [0.2, 0.25) is 0 Å². The van der Waals surface area contributed by atoms with Crippen molar-refractivity contribution >= 4 is 5.97 Å². The predicted molar refractivity (Wildman–Crippen MR) is 52.5 cm³/mol. The normalized spacial score (nSPS) is 34.9. The summed E-state index contributed by atoms with van der Waals surface area (Å²) in [5, 5.41) is 9.37. The molecule has 2 atom stereocenters. The Morgan fingerprint density at radius 1 is 1.46 bits per heavy atom. The number of carboxylic acids is 1. The Bertz CT molecular complexity index is 215. The topological polar surface area (TPSA) is 37.3 Å². The molecule has 76 valence electrons. The first-order valence-electron chi connectivity index (χ1n) is 5.06. The van der Waals surface area contributed by atoms with Crippen molar-refractivity contribution in [1.82, 2.24) is 0 Å². The summed E-state index contributed by atoms with van der Waals surface area (Å²) in [6.07, 6.45) is 2.96. The van der Waals surface area contributed by atoms with Gasteiger partial charge < -0.3 is 5.11 Å². The van der Waals surface area contributed by atoms with Crippen molar-refractivity contribution in [2.45, 2.75) is 47.0 Å². The quantitative estimate of drug-likeness (QED) is 0.680. The van der Waals surface area contributed by atoms with Crippen LogP contribution in [0.3, 0.4) is 0 Å². The second-order valence-electron chi connectivity index (χ2n) is 5.32. The third kappa shape index (κ3) is 1.36. The minimum absolute atomic E-state index is 0.130. The standard InChI is InChI=1S/C11H20O2/c1-8-6-5-7-11(8,9(12)13)10(2,3)4/h8H,5-7H2,1-4H3,(H,12,13). The lowest BCUT2D eigenvalue weighted by Crippen LogP contribution is -2.44. The van der Waals surface area contributed by atoms with Crippen molar-refractivity contribution in [2.75, 3.05) is 0 Å². The van der Waals surface area contributed by atoms with Crippen molar-refractivity contribution in [3.8, 4) is 0 Å². The Balaban J connectivity index is 3.08. The van der Waals surface area contributed by atoms with Crippen molar-refractivity contribution in [1.29, 1.82) is 0 Å². The second kappa shape index (κ2) is 3.00. The molecule has 2 nitrogen and oxygen atoms in total. The lowest BCUT2D eigenvalue weighted by Gasteiger charge is -2.41. The van der Waals surface area contributed by atoms with Gasteiger partial charge in [0.05, 0.1) is 5.41 Å². The van der Waals surface area contributed by atoms with Crippen LogP contribution >= 0.6 is 0 Å². The van der Waals surface area contributed by atoms with Crippen LogP contribution in [0.1, 0.15) is 47.0 Å². The average molecular weight is 184 g/mol. The zero-order valence-corrected chi connectivity index (χ0v) is 9.05. The van der Waals surface area contributed by atoms with Gasteiger partial charge in [-0.1, -0.05) is 34.1 Å². The number of carboxylic acid groups (broad SMARTS) is 1. The van der Waals surface area contributed by atoms with E-state index in [1.807, 2.05) is 20.8 Å². The van der Waals surface area contributed by atoms with Crippen LogP contribution in [-0.2, 0) is 4.79 Å². The van der Waals surface area contributed by atoms with Gasteiger partial charge in [0.25, 0.3) is 0 Å². The van der Waals surface area contributed by atoms with Crippen LogP contribution in [0.5, 0.6) is 0 Å². The van der Waals surface area contributed by atoms with E-state index < -0.39 is 11.4 Å². The lowest BCUT2D eigenvalue weighted by molar-refractivity contribution is -0.159. The first kappa shape index (κ1) is 10.6. The zero-order chi connectivity index (χ0) is 10.3. The van der Waals surface area contributed by atoms with Gasteiger partial charge in [0.2, 0.25) is 0 Å². The highest BCUT2D eigenvalue weighted by atomic mass is 16.4. The van der Waals surface area contributed by atoms with Gasteiger partial charge in [-0.3, -0.25) is 4.79 Å². The Morgan fingerprint density at radius 2 is 2.00 bits per heavy atom. The molecule has 0 aromatic rings. The fourth-order valence-corrected chi connectivity index (χ4v) is 2.93. The van der Waals surface area contributed by atoms with Gasteiger partial charge in [-0.15, -0.1) is 0 Å². The first-order valence-corrected chi connectivity index (χ1v) is 5.06. The monoisotopic (exact) mass is 184 g/mol. The summed E-state index contributed by atoms with van der Waals surface area (Å²) in [5.41, 5.74) is -0.623. The van der Waals surface area contributed by atoms with E-state index in [2.05, 4.69) is 6.92 Å². The molecule has 0 radical (unpaired) electrons. The summed E-state index contributed by atoms with van der Waals surface area (Å²) in [4.78, 5) is 11.4. The summed E-state index contributed by atoms with van der Waals surface area (Å²) >= 11 is 0. The van der Waals surface area contributed by atoms with E-state index in [1.54, 1.807) is 0 Å². The molecule has 2 heteroatoms. The van der Waals surface area contributed by atoms with Gasteiger partial charge in [-0.2, -0.15) is 0 Å². The van der Waals surface area contributed by atoms with E-state index in [-0.39, 0.29) is 5.41 Å². The van der Waals surface area contributed by atoms with Crippen LogP contribution in [0.4, 0.5) is 0 Å². The molecule has 0 saturated heterocycles. The van der Waals surface area contributed by atoms with Gasteiger partial charge >= 0.3 is 5.97 Å². The van der Waals surface area contributed by atoms with Gasteiger partial charge in [-0.25, -0.2) is 0 Å². The smallest absolute Gasteiger partial charge is 0.310 e. The molecule has 0 bridgehead atoms. The van der Waals surface area contributed by atoms with Gasteiger partial charge in [0.15, 0.2) is 0 Å². The van der Waals surface area contributed by atoms with E-state index >= 15 is 0 Å². The molecule has 0 aromatic heterocycles. The molecule has 1 fully saturated rings. The molecule has 1 aliphatic carbocycles. The Hall–Kier alpha value is -0.530. The molecule has 0 spiro atoms. The molecular formula is C11H20O2. The summed E-state index contributed by atoms with van der Waals surface area (Å²) < 4.78 is 0. The third-order valence-corrected chi connectivity index (χ3v) is 3.77. The molecule has 1 saturated carbocycles. The first-order chi connectivity index (χ1) is 5.82. The van der Waals surface area contributed by atoms with Crippen LogP contribution in [0, 0.1) is 16.7 Å². The summed E-state index contributed by atoms with van der Waals surface area (Å²) in [6.45, 7) is 8.21. The van der Waals surface area contributed by atoms with E-state index in [9.17, 15) is 9.90 Å². The fourth-order valence-electron chi connectivity index (χ4n) is 2.93. The highest BCUT2D eigenvalue weighted by Gasteiger charge is 2.54. The van der Waals surface area contributed by atoms with Gasteiger partial charge in [0, 0.05) is 0 Å². The largest absolute Gasteiger partial charge is 0.481 e. The van der Waals surface area contributed by atoms with E-state index in [0.29, 0.717) is 5.92 Å². The van der Waals surface area contributed by atoms with Gasteiger partial charge in [0.1, 0.15) is 0 Å². The number of rotatable bonds is 1. The average Bonchev–Trinajstić information content (AvgIpc) is 2.29. The molecular weight excluding hydrogens is 164 g/mol. The molecule has 1 aliphatic rings. The maximum atomic E-state index is 11.4. The van der Waals surface area contributed by atoms with Crippen molar-refractivity contribution < 1.29 is 9.90 Å². The predicted octanol–water partition coefficient (Wildman–Crippen LogP) is 2.92. The summed E-state index contributed by atoms with van der Waals surface area (Å²) in [6, 6.07) is 0. The van der Waals surface area contributed by atoms with Crippen LogP contribution in [-0.4, -0.2) is 11.1 Å². The van der Waals surface area contributed by atoms with Crippen molar-refractivity contribution in [3.05, 3.63) is 0 Å². The summed E-state index contributed by atoms with van der Waals surface area (Å²) in [5.74, 6) is -0.296. The Labute approximate surface area is 80.3 Å².